The number of carbonyl (C=O) groups excluding carboxylic acids is 1. The number of aliphatic carboxylic acids is 1. The summed E-state index contributed by atoms with van der Waals surface area (Å²) in [6.07, 6.45) is 3.36. The minimum atomic E-state index is -1.16. The first kappa shape index (κ1) is 14.0. The number of carboxylic acids is 1. The van der Waals surface area contributed by atoms with E-state index in [1.807, 2.05) is 0 Å². The molecule has 7 nitrogen and oxygen atoms in total. The van der Waals surface area contributed by atoms with Crippen molar-refractivity contribution in [3.8, 4) is 0 Å². The predicted octanol–water partition coefficient (Wildman–Crippen LogP) is 0.497. The van der Waals surface area contributed by atoms with Gasteiger partial charge in [0, 0.05) is 43.2 Å². The minimum Gasteiger partial charge on any atom is -0.478 e. The molecular weight excluding hydrogens is 262 g/mol. The van der Waals surface area contributed by atoms with Gasteiger partial charge < -0.3 is 20.1 Å². The zero-order valence-electron chi connectivity index (χ0n) is 10.8. The lowest BCUT2D eigenvalue weighted by Gasteiger charge is -2.27. The third kappa shape index (κ3) is 4.06. The van der Waals surface area contributed by atoms with Crippen LogP contribution in [0, 0.1) is 0 Å². The van der Waals surface area contributed by atoms with Crippen LogP contribution in [0.2, 0.25) is 0 Å². The van der Waals surface area contributed by atoms with E-state index < -0.39 is 11.9 Å². The maximum Gasteiger partial charge on any atom is 0.328 e. The Kier molecular flexibility index (Phi) is 4.67. The molecule has 1 aliphatic rings. The number of carboxylic acid groups (broad SMARTS) is 1. The molecule has 0 spiro atoms. The fourth-order valence-corrected chi connectivity index (χ4v) is 1.79. The van der Waals surface area contributed by atoms with Crippen LogP contribution < -0.4 is 10.2 Å². The SMILES string of the molecule is O=C(O)/C=C/C(=O)Nc1ccnc(N2CCOCC2)c1. The van der Waals surface area contributed by atoms with Crippen LogP contribution in [0.5, 0.6) is 0 Å². The highest BCUT2D eigenvalue weighted by Crippen LogP contribution is 2.17. The Hall–Kier alpha value is -2.41. The largest absolute Gasteiger partial charge is 0.478 e. The number of ether oxygens (including phenoxy) is 1. The molecule has 2 N–H and O–H groups in total. The first-order chi connectivity index (χ1) is 9.65. The van der Waals surface area contributed by atoms with Gasteiger partial charge in [-0.2, -0.15) is 0 Å². The van der Waals surface area contributed by atoms with Crippen LogP contribution in [0.3, 0.4) is 0 Å². The molecule has 1 aromatic heterocycles. The summed E-state index contributed by atoms with van der Waals surface area (Å²) in [6.45, 7) is 2.81. The van der Waals surface area contributed by atoms with E-state index in [2.05, 4.69) is 15.2 Å². The first-order valence-electron chi connectivity index (χ1n) is 6.16. The zero-order valence-corrected chi connectivity index (χ0v) is 10.8. The van der Waals surface area contributed by atoms with E-state index in [9.17, 15) is 9.59 Å². The highest BCUT2D eigenvalue weighted by atomic mass is 16.5. The second-order valence-electron chi connectivity index (χ2n) is 4.16. The van der Waals surface area contributed by atoms with E-state index in [-0.39, 0.29) is 0 Å². The van der Waals surface area contributed by atoms with Gasteiger partial charge in [0.1, 0.15) is 5.82 Å². The summed E-state index contributed by atoms with van der Waals surface area (Å²) in [4.78, 5) is 28.1. The van der Waals surface area contributed by atoms with E-state index >= 15 is 0 Å². The van der Waals surface area contributed by atoms with Crippen molar-refractivity contribution in [3.63, 3.8) is 0 Å². The first-order valence-corrected chi connectivity index (χ1v) is 6.16. The van der Waals surface area contributed by atoms with E-state index in [1.54, 1.807) is 18.3 Å². The number of pyridine rings is 1. The number of anilines is 2. The monoisotopic (exact) mass is 277 g/mol. The highest BCUT2D eigenvalue weighted by molar-refractivity contribution is 6.02. The molecule has 1 aromatic rings. The standard InChI is InChI=1S/C13H15N3O4/c17-12(1-2-13(18)19)15-10-3-4-14-11(9-10)16-5-7-20-8-6-16/h1-4,9H,5-8H2,(H,18,19)(H,14,15,17)/b2-1+. The molecule has 1 fully saturated rings. The van der Waals surface area contributed by atoms with Gasteiger partial charge in [-0.1, -0.05) is 0 Å². The summed E-state index contributed by atoms with van der Waals surface area (Å²) in [5, 5.41) is 11.0. The summed E-state index contributed by atoms with van der Waals surface area (Å²) in [6, 6.07) is 3.40. The smallest absolute Gasteiger partial charge is 0.328 e. The van der Waals surface area contributed by atoms with Gasteiger partial charge in [-0.3, -0.25) is 4.79 Å². The van der Waals surface area contributed by atoms with Gasteiger partial charge in [0.05, 0.1) is 13.2 Å². The number of rotatable bonds is 4. The molecular formula is C13H15N3O4. The number of hydrogen-bond acceptors (Lipinski definition) is 5. The van der Waals surface area contributed by atoms with Crippen molar-refractivity contribution in [1.29, 1.82) is 0 Å². The Labute approximate surface area is 115 Å². The van der Waals surface area contributed by atoms with Gasteiger partial charge in [-0.25, -0.2) is 9.78 Å². The number of carbonyl (C=O) groups is 2. The van der Waals surface area contributed by atoms with Gasteiger partial charge >= 0.3 is 5.97 Å². The molecule has 1 saturated heterocycles. The van der Waals surface area contributed by atoms with Crippen molar-refractivity contribution in [2.24, 2.45) is 0 Å². The Balaban J connectivity index is 2.02. The quantitative estimate of drug-likeness (QED) is 0.779. The summed E-state index contributed by atoms with van der Waals surface area (Å²) < 4.78 is 5.27. The Morgan fingerprint density at radius 3 is 2.80 bits per heavy atom. The normalized spacial score (nSPS) is 15.3. The number of nitrogens with zero attached hydrogens (tertiary/aromatic N) is 2. The molecule has 1 aliphatic heterocycles. The summed E-state index contributed by atoms with van der Waals surface area (Å²) in [7, 11) is 0. The molecule has 0 atom stereocenters. The van der Waals surface area contributed by atoms with Gasteiger partial charge in [-0.15, -0.1) is 0 Å². The minimum absolute atomic E-state index is 0.494. The number of amides is 1. The van der Waals surface area contributed by atoms with Crippen molar-refractivity contribution in [1.82, 2.24) is 4.98 Å². The molecule has 0 radical (unpaired) electrons. The topological polar surface area (TPSA) is 91.8 Å². The molecule has 20 heavy (non-hydrogen) atoms. The van der Waals surface area contributed by atoms with Gasteiger partial charge in [-0.05, 0) is 6.07 Å². The van der Waals surface area contributed by atoms with E-state index in [0.29, 0.717) is 18.9 Å². The molecule has 0 aliphatic carbocycles. The fourth-order valence-electron chi connectivity index (χ4n) is 1.79. The second-order valence-corrected chi connectivity index (χ2v) is 4.16. The lowest BCUT2D eigenvalue weighted by molar-refractivity contribution is -0.131. The summed E-state index contributed by atoms with van der Waals surface area (Å²) >= 11 is 0. The van der Waals surface area contributed by atoms with Crippen molar-refractivity contribution in [2.75, 3.05) is 36.5 Å². The van der Waals surface area contributed by atoms with Gasteiger partial charge in [0.15, 0.2) is 0 Å². The van der Waals surface area contributed by atoms with E-state index in [1.165, 1.54) is 0 Å². The molecule has 1 amide bonds. The average molecular weight is 277 g/mol. The van der Waals surface area contributed by atoms with Crippen LogP contribution in [0.4, 0.5) is 11.5 Å². The molecule has 2 rings (SSSR count). The maximum atomic E-state index is 11.5. The Morgan fingerprint density at radius 1 is 1.35 bits per heavy atom. The van der Waals surface area contributed by atoms with Crippen LogP contribution in [0.15, 0.2) is 30.5 Å². The molecule has 2 heterocycles. The molecule has 0 aromatic carbocycles. The van der Waals surface area contributed by atoms with Crippen molar-refractivity contribution in [2.45, 2.75) is 0 Å². The van der Waals surface area contributed by atoms with Crippen LogP contribution >= 0.6 is 0 Å². The van der Waals surface area contributed by atoms with E-state index in [0.717, 1.165) is 31.1 Å². The Bertz CT molecular complexity index is 524. The van der Waals surface area contributed by atoms with Gasteiger partial charge in [0.2, 0.25) is 5.91 Å². The average Bonchev–Trinajstić information content (AvgIpc) is 2.46. The zero-order chi connectivity index (χ0) is 14.4. The van der Waals surface area contributed by atoms with Gasteiger partial charge in [0.25, 0.3) is 0 Å². The fraction of sp³-hybridized carbons (Fsp3) is 0.308. The van der Waals surface area contributed by atoms with Crippen molar-refractivity contribution >= 4 is 23.4 Å². The summed E-state index contributed by atoms with van der Waals surface area (Å²) in [5.74, 6) is -0.899. The third-order valence-corrected chi connectivity index (χ3v) is 2.73. The lowest BCUT2D eigenvalue weighted by atomic mass is 10.3. The second kappa shape index (κ2) is 6.67. The van der Waals surface area contributed by atoms with Crippen LogP contribution in [-0.2, 0) is 14.3 Å². The number of hydrogen-bond donors (Lipinski definition) is 2. The van der Waals surface area contributed by atoms with Crippen molar-refractivity contribution < 1.29 is 19.4 Å². The van der Waals surface area contributed by atoms with Crippen LogP contribution in [0.1, 0.15) is 0 Å². The highest BCUT2D eigenvalue weighted by Gasteiger charge is 2.12. The number of nitrogens with one attached hydrogen (secondary N) is 1. The predicted molar refractivity (Wildman–Crippen MR) is 72.7 cm³/mol. The van der Waals surface area contributed by atoms with E-state index in [4.69, 9.17) is 9.84 Å². The number of morpholine rings is 1. The number of aromatic nitrogens is 1. The van der Waals surface area contributed by atoms with Crippen LogP contribution in [0.25, 0.3) is 0 Å². The molecule has 0 unspecified atom stereocenters. The van der Waals surface area contributed by atoms with Crippen LogP contribution in [-0.4, -0.2) is 48.3 Å². The maximum absolute atomic E-state index is 11.5. The lowest BCUT2D eigenvalue weighted by Crippen LogP contribution is -2.36. The summed E-state index contributed by atoms with van der Waals surface area (Å²) in [5.41, 5.74) is 0.571. The van der Waals surface area contributed by atoms with Crippen molar-refractivity contribution in [3.05, 3.63) is 30.5 Å². The Morgan fingerprint density at radius 2 is 2.10 bits per heavy atom. The molecule has 0 saturated carbocycles. The molecule has 106 valence electrons. The molecule has 7 heteroatoms. The molecule has 0 bridgehead atoms. The third-order valence-electron chi connectivity index (χ3n) is 2.73.